The molecule has 8 saturated heterocycles. The van der Waals surface area contributed by atoms with Gasteiger partial charge in [0.15, 0.2) is 55.8 Å². The maximum atomic E-state index is 12.8. The molecule has 0 aliphatic carbocycles. The summed E-state index contributed by atoms with van der Waals surface area (Å²) in [4.78, 5) is 135. The number of aromatic nitrogens is 21. The Morgan fingerprint density at radius 1 is 0.321 bits per heavy atom. The van der Waals surface area contributed by atoms with Gasteiger partial charge in [-0.3, -0.25) is 28.4 Å². The van der Waals surface area contributed by atoms with Crippen molar-refractivity contribution in [1.82, 2.24) is 128 Å². The van der Waals surface area contributed by atoms with E-state index in [4.69, 9.17) is 4.98 Å². The van der Waals surface area contributed by atoms with Crippen molar-refractivity contribution in [1.29, 1.82) is 0 Å². The molecule has 40 nitrogen and oxygen atoms in total. The highest BCUT2D eigenvalue weighted by molar-refractivity contribution is 7.14. The van der Waals surface area contributed by atoms with Gasteiger partial charge in [-0.15, -0.1) is 44.2 Å². The van der Waals surface area contributed by atoms with E-state index in [2.05, 4.69) is 152 Å². The SMILES string of the molecule is Cc1cn2cccc2c(N2CC[C@H](NC(=O)c3csc(N4CCC(O)CC4)n3)C2)n1.O=C(N[C@H]1CCN(c2nccn3cccc23)C1)c1csc(N2CCCC2)n1.O=C(N[C@H]1CCN(c2nccn3ccnc23)C1)c1cn(-c2ccccc2)cn1.O=C(N[C@H]1CCN(c2nccn3ccnc23)C1)c1csc(N2CCCC2)n1.O=C(N[C@H]1CCN(c2nccn3cnnc23)C1)c1cn(-c2ccccc2)cn1. The van der Waals surface area contributed by atoms with Gasteiger partial charge in [0.1, 0.15) is 47.5 Å². The summed E-state index contributed by atoms with van der Waals surface area (Å²) >= 11 is 4.61. The molecular formula is C97H106N34O6S3. The number of amides is 5. The molecule has 718 valence electrons. The highest BCUT2D eigenvalue weighted by atomic mass is 32.1. The number of rotatable bonds is 20. The van der Waals surface area contributed by atoms with E-state index >= 15 is 0 Å². The standard InChI is InChI=1S/C21H26N6O2S.C20H19N7O.C19H18N8O.C19H22N6OS.C18H21N7OS/c1-14-11-26-7-2-3-18(26)19(22-14)27-8-4-15(12-27)23-20(29)17-13-30-21(24-17)25-9-5-16(28)6-10-25;28-20(17-13-27(14-23-17)16-4-2-1-3-5-16)24-15-6-9-26(12-15)19-18-21-7-10-25(18)11-8-22-19;28-19(16-11-27(12-21-16)15-4-2-1-3-5-15)23-14-6-8-25(10-14)17-18-24-22-13-26(18)9-7-20-17;26-18(15-13-27-19(22-15)24-7-1-2-8-24)21-14-5-10-25(12-14)17-16-4-3-9-23(16)11-6-20-17;26-17(14-12-27-18(22-14)24-6-1-2-7-24)21-13-3-8-25(11-13)16-15-19-4-9-23(15)10-5-20-16/h2-3,7,11,13,15-16,28H,4-6,8-10,12H2,1H3,(H,23,29);1-5,7-8,10-11,13-15H,6,9,12H2,(H,24,28);1-5,7,9,11-14H,6,8,10H2,(H,23,28);3-4,6,9,11,13-14H,1-2,5,7-8,10,12H2,(H,21,26);4-5,9-10,12-13H,1-3,6-8,11H2,(H,21,26)/t2*15-;2*14-;13-/m00000/s1. The van der Waals surface area contributed by atoms with Crippen molar-refractivity contribution in [2.75, 3.05) is 144 Å². The number of carbonyl (C=O) groups excluding carboxylic acids is 5. The van der Waals surface area contributed by atoms with Crippen molar-refractivity contribution in [3.05, 3.63) is 260 Å². The van der Waals surface area contributed by atoms with Gasteiger partial charge in [0.2, 0.25) is 5.65 Å². The molecule has 0 radical (unpaired) electrons. The first-order valence-corrected chi connectivity index (χ1v) is 50.1. The predicted molar refractivity (Wildman–Crippen MR) is 536 cm³/mol. The minimum absolute atomic E-state index is 0.0272. The molecule has 0 saturated carbocycles. The molecule has 15 aromatic heterocycles. The third-order valence-corrected chi connectivity index (χ3v) is 29.1. The number of nitrogens with one attached hydrogen (secondary N) is 5. The molecule has 5 amide bonds. The van der Waals surface area contributed by atoms with E-state index < -0.39 is 0 Å². The number of thiazole rings is 3. The van der Waals surface area contributed by atoms with Crippen molar-refractivity contribution >= 4 is 136 Å². The van der Waals surface area contributed by atoms with E-state index in [1.807, 2.05) is 180 Å². The molecule has 8 aliphatic heterocycles. The molecule has 0 unspecified atom stereocenters. The molecule has 17 aromatic rings. The Labute approximate surface area is 816 Å². The Morgan fingerprint density at radius 3 is 1.11 bits per heavy atom. The van der Waals surface area contributed by atoms with Crippen LogP contribution in [0.25, 0.3) is 39.3 Å². The summed E-state index contributed by atoms with van der Waals surface area (Å²) in [5.41, 5.74) is 9.84. The number of hydrogen-bond acceptors (Lipinski definition) is 31. The van der Waals surface area contributed by atoms with Gasteiger partial charge in [-0.25, -0.2) is 59.8 Å². The van der Waals surface area contributed by atoms with Crippen LogP contribution in [0, 0.1) is 6.92 Å². The Bertz CT molecular complexity index is 6830. The van der Waals surface area contributed by atoms with Gasteiger partial charge < -0.3 is 97.6 Å². The lowest BCUT2D eigenvalue weighted by atomic mass is 10.1. The lowest BCUT2D eigenvalue weighted by molar-refractivity contribution is 0.0927. The highest BCUT2D eigenvalue weighted by Gasteiger charge is 2.35. The number of aliphatic hydroxyl groups excluding tert-OH is 1. The number of para-hydroxylation sites is 2. The first-order valence-electron chi connectivity index (χ1n) is 47.5. The number of nitrogens with zero attached hydrogens (tertiary/aromatic N) is 29. The molecular weight excluding hydrogens is 1830 g/mol. The van der Waals surface area contributed by atoms with E-state index in [-0.39, 0.29) is 65.8 Å². The number of aliphatic hydroxyl groups is 1. The van der Waals surface area contributed by atoms with Crippen LogP contribution in [0.15, 0.2) is 225 Å². The van der Waals surface area contributed by atoms with Gasteiger partial charge in [-0.05, 0) is 126 Å². The molecule has 0 bridgehead atoms. The van der Waals surface area contributed by atoms with E-state index in [0.29, 0.717) is 41.6 Å². The van der Waals surface area contributed by atoms with Gasteiger partial charge >= 0.3 is 0 Å². The summed E-state index contributed by atoms with van der Waals surface area (Å²) in [6.07, 6.45) is 47.0. The number of aryl methyl sites for hydroxylation is 1. The molecule has 6 N–H and O–H groups in total. The molecule has 43 heteroatoms. The number of piperidine rings is 1. The highest BCUT2D eigenvalue weighted by Crippen LogP contribution is 2.33. The predicted octanol–water partition coefficient (Wildman–Crippen LogP) is 9.51. The molecule has 23 heterocycles. The number of benzene rings is 2. The van der Waals surface area contributed by atoms with Crippen LogP contribution in [0.1, 0.15) is 129 Å². The zero-order valence-electron chi connectivity index (χ0n) is 77.1. The second-order valence-electron chi connectivity index (χ2n) is 35.9. The fourth-order valence-corrected chi connectivity index (χ4v) is 21.7. The number of hydrogen-bond donors (Lipinski definition) is 6. The minimum Gasteiger partial charge on any atom is -0.393 e. The Balaban J connectivity index is 0.000000104. The smallest absolute Gasteiger partial charge is 0.271 e. The summed E-state index contributed by atoms with van der Waals surface area (Å²) in [5.74, 6) is 3.83. The average molecular weight is 1940 g/mol. The zero-order valence-corrected chi connectivity index (χ0v) is 79.5. The molecule has 25 rings (SSSR count). The zero-order chi connectivity index (χ0) is 94.9. The normalized spacial score (nSPS) is 18.7. The molecule has 140 heavy (non-hydrogen) atoms. The summed E-state index contributed by atoms with van der Waals surface area (Å²) < 4.78 is 13.6. The minimum atomic E-state index is -0.217. The van der Waals surface area contributed by atoms with Gasteiger partial charge in [-0.1, -0.05) is 36.4 Å². The van der Waals surface area contributed by atoms with Crippen LogP contribution in [0.2, 0.25) is 0 Å². The van der Waals surface area contributed by atoms with Gasteiger partial charge in [0.05, 0.1) is 22.8 Å². The Kier molecular flexibility index (Phi) is 27.0. The quantitative estimate of drug-likeness (QED) is 0.0413. The van der Waals surface area contributed by atoms with Crippen molar-refractivity contribution in [2.45, 2.75) is 114 Å². The summed E-state index contributed by atoms with van der Waals surface area (Å²) in [5, 5.41) is 41.7. The van der Waals surface area contributed by atoms with Crippen molar-refractivity contribution in [2.24, 2.45) is 0 Å². The molecule has 8 fully saturated rings. The van der Waals surface area contributed by atoms with Crippen LogP contribution >= 0.6 is 34.0 Å². The topological polar surface area (TPSA) is 404 Å². The fourth-order valence-electron chi connectivity index (χ4n) is 19.1. The van der Waals surface area contributed by atoms with Crippen molar-refractivity contribution in [3.8, 4) is 11.4 Å². The number of carbonyl (C=O) groups is 5. The van der Waals surface area contributed by atoms with E-state index in [1.54, 1.807) is 85.0 Å². The van der Waals surface area contributed by atoms with Crippen molar-refractivity contribution in [3.63, 3.8) is 0 Å². The first kappa shape index (κ1) is 91.1. The second-order valence-corrected chi connectivity index (χ2v) is 38.4. The van der Waals surface area contributed by atoms with Crippen LogP contribution in [0.4, 0.5) is 44.5 Å². The fraction of sp³-hybridized carbons (Fsp3) is 0.351. The van der Waals surface area contributed by atoms with Crippen LogP contribution in [0.5, 0.6) is 0 Å². The number of anilines is 8. The van der Waals surface area contributed by atoms with Gasteiger partial charge in [0, 0.05) is 268 Å². The Hall–Kier alpha value is -15.4. The lowest BCUT2D eigenvalue weighted by Gasteiger charge is -2.29. The van der Waals surface area contributed by atoms with Crippen LogP contribution in [-0.2, 0) is 0 Å². The van der Waals surface area contributed by atoms with E-state index in [1.165, 1.54) is 37.0 Å². The molecule has 8 aliphatic rings. The maximum Gasteiger partial charge on any atom is 0.271 e. The lowest BCUT2D eigenvalue weighted by Crippen LogP contribution is -2.38. The second kappa shape index (κ2) is 41.5. The third kappa shape index (κ3) is 20.6. The third-order valence-electron chi connectivity index (χ3n) is 26.3. The summed E-state index contributed by atoms with van der Waals surface area (Å²) in [7, 11) is 0. The maximum absolute atomic E-state index is 12.8. The largest absolute Gasteiger partial charge is 0.393 e. The van der Waals surface area contributed by atoms with Crippen LogP contribution in [0.3, 0.4) is 0 Å². The number of fused-ring (bicyclic) bond motifs is 5. The van der Waals surface area contributed by atoms with Crippen LogP contribution < -0.4 is 65.8 Å². The van der Waals surface area contributed by atoms with E-state index in [9.17, 15) is 29.1 Å². The molecule has 2 aromatic carbocycles. The van der Waals surface area contributed by atoms with Gasteiger partial charge in [-0.2, -0.15) is 0 Å². The van der Waals surface area contributed by atoms with Crippen molar-refractivity contribution < 1.29 is 29.1 Å². The monoisotopic (exact) mass is 1940 g/mol. The summed E-state index contributed by atoms with van der Waals surface area (Å²) in [6.45, 7) is 15.6. The average Bonchev–Trinajstić information content (AvgIpc) is 1.63. The summed E-state index contributed by atoms with van der Waals surface area (Å²) in [6, 6.07) is 28.2. The first-order chi connectivity index (χ1) is 68.7. The van der Waals surface area contributed by atoms with Gasteiger partial charge in [0.25, 0.3) is 29.5 Å². The molecule has 5 atom stereocenters. The number of imidazole rings is 4. The molecule has 0 spiro atoms. The van der Waals surface area contributed by atoms with E-state index in [0.717, 1.165) is 226 Å². The van der Waals surface area contributed by atoms with Crippen LogP contribution in [-0.4, -0.2) is 277 Å². The Morgan fingerprint density at radius 2 is 0.671 bits per heavy atom.